The number of hydrogen-bond donors (Lipinski definition) is 1. The van der Waals surface area contributed by atoms with E-state index in [0.717, 1.165) is 83.7 Å². The molecule has 1 unspecified atom stereocenters. The van der Waals surface area contributed by atoms with E-state index in [1.165, 1.54) is 0 Å². The Morgan fingerprint density at radius 2 is 1.96 bits per heavy atom. The molecule has 0 aromatic carbocycles. The van der Waals surface area contributed by atoms with E-state index in [2.05, 4.69) is 22.1 Å². The third kappa shape index (κ3) is 3.93. The van der Waals surface area contributed by atoms with Gasteiger partial charge in [-0.05, 0) is 38.6 Å². The Labute approximate surface area is 166 Å². The van der Waals surface area contributed by atoms with Crippen LogP contribution in [0.3, 0.4) is 0 Å². The van der Waals surface area contributed by atoms with Crippen molar-refractivity contribution in [2.75, 3.05) is 45.9 Å². The van der Waals surface area contributed by atoms with Gasteiger partial charge in [-0.1, -0.05) is 6.92 Å². The van der Waals surface area contributed by atoms with E-state index in [0.29, 0.717) is 18.1 Å². The van der Waals surface area contributed by atoms with E-state index < -0.39 is 0 Å². The van der Waals surface area contributed by atoms with Crippen LogP contribution in [0.15, 0.2) is 0 Å². The minimum Gasteiger partial charge on any atom is -0.376 e. The molecule has 4 rings (SSSR count). The van der Waals surface area contributed by atoms with Crippen LogP contribution in [0.25, 0.3) is 0 Å². The summed E-state index contributed by atoms with van der Waals surface area (Å²) in [6.07, 6.45) is 4.97. The van der Waals surface area contributed by atoms with E-state index in [4.69, 9.17) is 4.74 Å². The van der Waals surface area contributed by atoms with Crippen molar-refractivity contribution in [1.82, 2.24) is 24.7 Å². The Morgan fingerprint density at radius 1 is 1.14 bits per heavy atom. The summed E-state index contributed by atoms with van der Waals surface area (Å²) in [7, 11) is 0. The fraction of sp³-hybridized carbons (Fsp3) is 0.750. The molecule has 8 heteroatoms. The molecule has 28 heavy (non-hydrogen) atoms. The maximum Gasteiger partial charge on any atom is 0.287 e. The summed E-state index contributed by atoms with van der Waals surface area (Å²) in [4.78, 5) is 34.7. The standard InChI is InChI=1S/C20H31N5O3/c1-2-23-9-11-24(12-10-23)20(27)17-16-7-3-4-8-25(16)18(22-17)19(26)21-14-15-6-5-13-28-15/h15H,2-14H2,1H3,(H,21,26). The van der Waals surface area contributed by atoms with Crippen molar-refractivity contribution in [3.63, 3.8) is 0 Å². The number of aromatic nitrogens is 2. The second kappa shape index (κ2) is 8.61. The minimum atomic E-state index is -0.200. The molecule has 1 atom stereocenters. The van der Waals surface area contributed by atoms with Crippen molar-refractivity contribution in [2.45, 2.75) is 51.7 Å². The Kier molecular flexibility index (Phi) is 5.96. The number of ether oxygens (including phenoxy) is 1. The lowest BCUT2D eigenvalue weighted by Gasteiger charge is -2.33. The van der Waals surface area contributed by atoms with Crippen LogP contribution in [0.1, 0.15) is 59.4 Å². The molecule has 0 spiro atoms. The van der Waals surface area contributed by atoms with Crippen molar-refractivity contribution in [3.05, 3.63) is 17.2 Å². The zero-order valence-electron chi connectivity index (χ0n) is 16.8. The van der Waals surface area contributed by atoms with Crippen molar-refractivity contribution in [3.8, 4) is 0 Å². The molecule has 0 radical (unpaired) electrons. The first-order valence-electron chi connectivity index (χ1n) is 10.7. The van der Waals surface area contributed by atoms with E-state index in [1.807, 2.05) is 9.47 Å². The largest absolute Gasteiger partial charge is 0.376 e. The molecule has 3 aliphatic rings. The lowest BCUT2D eigenvalue weighted by atomic mass is 10.1. The molecule has 154 valence electrons. The number of likely N-dealkylation sites (N-methyl/N-ethyl adjacent to an activating group) is 1. The van der Waals surface area contributed by atoms with Gasteiger partial charge in [-0.2, -0.15) is 0 Å². The first-order chi connectivity index (χ1) is 13.7. The third-order valence-electron chi connectivity index (χ3n) is 6.14. The van der Waals surface area contributed by atoms with Crippen molar-refractivity contribution < 1.29 is 14.3 Å². The number of hydrogen-bond acceptors (Lipinski definition) is 5. The van der Waals surface area contributed by atoms with E-state index in [9.17, 15) is 9.59 Å². The third-order valence-corrected chi connectivity index (χ3v) is 6.14. The second-order valence-electron chi connectivity index (χ2n) is 7.91. The maximum atomic E-state index is 13.1. The predicted molar refractivity (Wildman–Crippen MR) is 104 cm³/mol. The maximum absolute atomic E-state index is 13.1. The predicted octanol–water partition coefficient (Wildman–Crippen LogP) is 0.906. The van der Waals surface area contributed by atoms with E-state index in [1.54, 1.807) is 0 Å². The first kappa shape index (κ1) is 19.4. The van der Waals surface area contributed by atoms with Gasteiger partial charge in [0, 0.05) is 45.9 Å². The normalized spacial score (nSPS) is 22.9. The molecular formula is C20H31N5O3. The number of piperazine rings is 1. The van der Waals surface area contributed by atoms with Crippen LogP contribution < -0.4 is 5.32 Å². The monoisotopic (exact) mass is 389 g/mol. The molecule has 4 heterocycles. The molecule has 2 fully saturated rings. The Bertz CT molecular complexity index is 718. The lowest BCUT2D eigenvalue weighted by Crippen LogP contribution is -2.48. The zero-order chi connectivity index (χ0) is 19.5. The summed E-state index contributed by atoms with van der Waals surface area (Å²) in [5, 5.41) is 2.96. The van der Waals surface area contributed by atoms with Crippen LogP contribution in [0.4, 0.5) is 0 Å². The number of amides is 2. The van der Waals surface area contributed by atoms with Crippen LogP contribution in [0.2, 0.25) is 0 Å². The van der Waals surface area contributed by atoms with E-state index >= 15 is 0 Å². The average Bonchev–Trinajstić information content (AvgIpc) is 3.39. The van der Waals surface area contributed by atoms with Gasteiger partial charge in [-0.25, -0.2) is 4.98 Å². The van der Waals surface area contributed by atoms with Crippen molar-refractivity contribution in [2.24, 2.45) is 0 Å². The van der Waals surface area contributed by atoms with Crippen molar-refractivity contribution in [1.29, 1.82) is 0 Å². The second-order valence-corrected chi connectivity index (χ2v) is 7.91. The molecule has 1 aromatic rings. The highest BCUT2D eigenvalue weighted by Gasteiger charge is 2.31. The molecular weight excluding hydrogens is 358 g/mol. The van der Waals surface area contributed by atoms with Crippen LogP contribution in [0.5, 0.6) is 0 Å². The van der Waals surface area contributed by atoms with Crippen LogP contribution >= 0.6 is 0 Å². The zero-order valence-corrected chi connectivity index (χ0v) is 16.8. The highest BCUT2D eigenvalue weighted by molar-refractivity contribution is 5.97. The van der Waals surface area contributed by atoms with Gasteiger partial charge < -0.3 is 24.4 Å². The summed E-state index contributed by atoms with van der Waals surface area (Å²) in [6, 6.07) is 0. The SMILES string of the molecule is CCN1CCN(C(=O)c2nc(C(=O)NCC3CCCO3)n3c2CCCC3)CC1. The Morgan fingerprint density at radius 3 is 2.68 bits per heavy atom. The summed E-state index contributed by atoms with van der Waals surface area (Å²) in [5.41, 5.74) is 1.41. The quantitative estimate of drug-likeness (QED) is 0.810. The van der Waals surface area contributed by atoms with Gasteiger partial charge in [0.15, 0.2) is 5.82 Å². The molecule has 8 nitrogen and oxygen atoms in total. The Hall–Kier alpha value is -1.93. The molecule has 3 aliphatic heterocycles. The van der Waals surface area contributed by atoms with Crippen molar-refractivity contribution >= 4 is 11.8 Å². The van der Waals surface area contributed by atoms with Gasteiger partial charge in [-0.3, -0.25) is 9.59 Å². The minimum absolute atomic E-state index is 0.0282. The van der Waals surface area contributed by atoms with Gasteiger partial charge in [0.05, 0.1) is 11.8 Å². The average molecular weight is 390 g/mol. The number of nitrogens with zero attached hydrogens (tertiary/aromatic N) is 4. The van der Waals surface area contributed by atoms with Gasteiger partial charge in [0.2, 0.25) is 0 Å². The topological polar surface area (TPSA) is 79.7 Å². The van der Waals surface area contributed by atoms with Gasteiger partial charge in [0.25, 0.3) is 11.8 Å². The molecule has 2 amide bonds. The summed E-state index contributed by atoms with van der Waals surface area (Å²) < 4.78 is 7.55. The lowest BCUT2D eigenvalue weighted by molar-refractivity contribution is 0.0636. The smallest absolute Gasteiger partial charge is 0.287 e. The van der Waals surface area contributed by atoms with Crippen LogP contribution in [-0.4, -0.2) is 83.1 Å². The summed E-state index contributed by atoms with van der Waals surface area (Å²) >= 11 is 0. The van der Waals surface area contributed by atoms with Crippen LogP contribution in [0, 0.1) is 0 Å². The number of nitrogens with one attached hydrogen (secondary N) is 1. The highest BCUT2D eigenvalue weighted by Crippen LogP contribution is 2.23. The molecule has 0 bridgehead atoms. The molecule has 0 saturated carbocycles. The molecule has 1 N–H and O–H groups in total. The number of fused-ring (bicyclic) bond motifs is 1. The molecule has 1 aromatic heterocycles. The van der Waals surface area contributed by atoms with E-state index in [-0.39, 0.29) is 17.9 Å². The highest BCUT2D eigenvalue weighted by atomic mass is 16.5. The fourth-order valence-corrected chi connectivity index (χ4v) is 4.40. The summed E-state index contributed by atoms with van der Waals surface area (Å²) in [5.74, 6) is 0.149. The Balaban J connectivity index is 1.50. The van der Waals surface area contributed by atoms with Gasteiger partial charge in [-0.15, -0.1) is 0 Å². The fourth-order valence-electron chi connectivity index (χ4n) is 4.40. The van der Waals surface area contributed by atoms with Gasteiger partial charge >= 0.3 is 0 Å². The molecule has 2 saturated heterocycles. The molecule has 0 aliphatic carbocycles. The number of rotatable bonds is 5. The van der Waals surface area contributed by atoms with Crippen LogP contribution in [-0.2, 0) is 17.7 Å². The first-order valence-corrected chi connectivity index (χ1v) is 10.7. The number of carbonyl (C=O) groups excluding carboxylic acids is 2. The number of carbonyl (C=O) groups is 2. The number of imidazole rings is 1. The summed E-state index contributed by atoms with van der Waals surface area (Å²) in [6.45, 7) is 8.41. The van der Waals surface area contributed by atoms with Gasteiger partial charge in [0.1, 0.15) is 5.69 Å².